The van der Waals surface area contributed by atoms with Crippen molar-refractivity contribution in [3.05, 3.63) is 12.2 Å². The fraction of sp³-hybridized carbons (Fsp3) is 0.857. The lowest BCUT2D eigenvalue weighted by molar-refractivity contribution is -0.0101. The molecule has 2 aliphatic carbocycles. The molecule has 2 fully saturated rings. The Morgan fingerprint density at radius 1 is 0.913 bits per heavy atom. The van der Waals surface area contributed by atoms with E-state index in [-0.39, 0.29) is 0 Å². The molecule has 23 heavy (non-hydrogen) atoms. The summed E-state index contributed by atoms with van der Waals surface area (Å²) in [4.78, 5) is 0. The lowest BCUT2D eigenvalue weighted by Crippen LogP contribution is -2.26. The summed E-state index contributed by atoms with van der Waals surface area (Å²) in [5.41, 5.74) is 0. The molecule has 0 aliphatic heterocycles. The number of ether oxygens (including phenoxy) is 1. The fourth-order valence-electron chi connectivity index (χ4n) is 4.42. The van der Waals surface area contributed by atoms with Gasteiger partial charge >= 0.3 is 0 Å². The first-order valence-electron chi connectivity index (χ1n) is 9.98. The highest BCUT2D eigenvalue weighted by atomic mass is 16.5. The van der Waals surface area contributed by atoms with Gasteiger partial charge in [0.1, 0.15) is 0 Å². The second-order valence-corrected chi connectivity index (χ2v) is 7.76. The van der Waals surface area contributed by atoms with E-state index in [1.54, 1.807) is 6.08 Å². The maximum Gasteiger partial charge on any atom is 0.0908 e. The molecule has 0 heterocycles. The van der Waals surface area contributed by atoms with Crippen LogP contribution in [0.2, 0.25) is 0 Å². The Balaban J connectivity index is 1.53. The van der Waals surface area contributed by atoms with Gasteiger partial charge in [0.25, 0.3) is 0 Å². The van der Waals surface area contributed by atoms with Crippen molar-refractivity contribution < 1.29 is 4.74 Å². The number of allylic oxidation sites excluding steroid dienone is 2. The van der Waals surface area contributed by atoms with E-state index in [4.69, 9.17) is 10.00 Å². The first kappa shape index (κ1) is 18.5. The Bertz CT molecular complexity index is 368. The minimum Gasteiger partial charge on any atom is -0.378 e. The molecule has 0 amide bonds. The Morgan fingerprint density at radius 2 is 1.52 bits per heavy atom. The monoisotopic (exact) mass is 317 g/mol. The van der Waals surface area contributed by atoms with E-state index in [0.717, 1.165) is 30.8 Å². The van der Waals surface area contributed by atoms with Gasteiger partial charge in [-0.2, -0.15) is 5.26 Å². The predicted molar refractivity (Wildman–Crippen MR) is 96.0 cm³/mol. The van der Waals surface area contributed by atoms with Crippen LogP contribution in [0.4, 0.5) is 0 Å². The van der Waals surface area contributed by atoms with E-state index in [9.17, 15) is 0 Å². The van der Waals surface area contributed by atoms with Gasteiger partial charge in [0.05, 0.1) is 12.2 Å². The third-order valence-electron chi connectivity index (χ3n) is 5.96. The molecule has 2 saturated carbocycles. The minimum absolute atomic E-state index is 0.522. The smallest absolute Gasteiger partial charge is 0.0908 e. The van der Waals surface area contributed by atoms with Crippen LogP contribution in [0.1, 0.15) is 84.0 Å². The quantitative estimate of drug-likeness (QED) is 0.512. The summed E-state index contributed by atoms with van der Waals surface area (Å²) < 4.78 is 6.25. The summed E-state index contributed by atoms with van der Waals surface area (Å²) in [6.45, 7) is 3.32. The molecule has 2 aliphatic rings. The molecule has 0 unspecified atom stereocenters. The molecule has 0 N–H and O–H groups in total. The van der Waals surface area contributed by atoms with E-state index in [1.807, 2.05) is 6.08 Å². The highest BCUT2D eigenvalue weighted by Gasteiger charge is 2.24. The van der Waals surface area contributed by atoms with Gasteiger partial charge in [-0.05, 0) is 69.1 Å². The standard InChI is InChI=1S/C21H35NO/c1-2-6-18-8-10-20(11-9-18)17-23-21-14-12-19(13-15-21)7-4-3-5-16-22/h3,5,18-21H,2,4,6-15,17H2,1H3/b5-3+. The van der Waals surface area contributed by atoms with Crippen molar-refractivity contribution in [2.45, 2.75) is 90.1 Å². The number of nitrogens with zero attached hydrogens (tertiary/aromatic N) is 1. The van der Waals surface area contributed by atoms with Crippen molar-refractivity contribution in [2.75, 3.05) is 6.61 Å². The summed E-state index contributed by atoms with van der Waals surface area (Å²) in [6.07, 6.45) is 20.0. The third-order valence-corrected chi connectivity index (χ3v) is 5.96. The van der Waals surface area contributed by atoms with Crippen molar-refractivity contribution in [1.29, 1.82) is 5.26 Å². The largest absolute Gasteiger partial charge is 0.378 e. The molecule has 0 radical (unpaired) electrons. The lowest BCUT2D eigenvalue weighted by Gasteiger charge is -2.32. The molecular weight excluding hydrogens is 282 g/mol. The molecule has 2 nitrogen and oxygen atoms in total. The van der Waals surface area contributed by atoms with Gasteiger partial charge in [-0.3, -0.25) is 0 Å². The van der Waals surface area contributed by atoms with E-state index in [2.05, 4.69) is 13.0 Å². The van der Waals surface area contributed by atoms with Crippen molar-refractivity contribution in [3.63, 3.8) is 0 Å². The van der Waals surface area contributed by atoms with Gasteiger partial charge in [-0.25, -0.2) is 0 Å². The van der Waals surface area contributed by atoms with Crippen LogP contribution in [0.15, 0.2) is 12.2 Å². The van der Waals surface area contributed by atoms with E-state index in [1.165, 1.54) is 70.6 Å². The Morgan fingerprint density at radius 3 is 2.17 bits per heavy atom. The normalized spacial score (nSPS) is 32.0. The highest BCUT2D eigenvalue weighted by molar-refractivity contribution is 5.01. The second-order valence-electron chi connectivity index (χ2n) is 7.76. The molecule has 130 valence electrons. The topological polar surface area (TPSA) is 33.0 Å². The number of hydrogen-bond donors (Lipinski definition) is 0. The molecule has 0 atom stereocenters. The van der Waals surface area contributed by atoms with Crippen LogP contribution >= 0.6 is 0 Å². The van der Waals surface area contributed by atoms with Gasteiger partial charge in [0, 0.05) is 12.7 Å². The van der Waals surface area contributed by atoms with E-state index >= 15 is 0 Å². The van der Waals surface area contributed by atoms with Gasteiger partial charge in [0.15, 0.2) is 0 Å². The van der Waals surface area contributed by atoms with Crippen molar-refractivity contribution in [1.82, 2.24) is 0 Å². The summed E-state index contributed by atoms with van der Waals surface area (Å²) >= 11 is 0. The molecule has 2 heteroatoms. The van der Waals surface area contributed by atoms with Crippen LogP contribution in [0.5, 0.6) is 0 Å². The van der Waals surface area contributed by atoms with E-state index < -0.39 is 0 Å². The van der Waals surface area contributed by atoms with Crippen LogP contribution in [0.3, 0.4) is 0 Å². The van der Waals surface area contributed by atoms with E-state index in [0.29, 0.717) is 6.10 Å². The molecule has 0 saturated heterocycles. The van der Waals surface area contributed by atoms with Crippen molar-refractivity contribution in [2.24, 2.45) is 17.8 Å². The SMILES string of the molecule is CCCC1CCC(COC2CCC(CC/C=C/C#N)CC2)CC1. The average Bonchev–Trinajstić information content (AvgIpc) is 2.59. The maximum absolute atomic E-state index is 8.49. The molecule has 0 aromatic rings. The first-order chi connectivity index (χ1) is 11.3. The fourth-order valence-corrected chi connectivity index (χ4v) is 4.42. The van der Waals surface area contributed by atoms with Gasteiger partial charge in [-0.1, -0.05) is 38.7 Å². The minimum atomic E-state index is 0.522. The van der Waals surface area contributed by atoms with Crippen LogP contribution in [0.25, 0.3) is 0 Å². The number of nitriles is 1. The van der Waals surface area contributed by atoms with Gasteiger partial charge < -0.3 is 4.74 Å². The zero-order valence-electron chi connectivity index (χ0n) is 15.0. The lowest BCUT2D eigenvalue weighted by atomic mass is 9.80. The zero-order valence-corrected chi connectivity index (χ0v) is 15.0. The van der Waals surface area contributed by atoms with Crippen LogP contribution < -0.4 is 0 Å². The summed E-state index contributed by atoms with van der Waals surface area (Å²) in [5, 5.41) is 8.49. The van der Waals surface area contributed by atoms with Crippen LogP contribution in [0, 0.1) is 29.1 Å². The molecular formula is C21H35NO. The third kappa shape index (κ3) is 7.08. The average molecular weight is 318 g/mol. The predicted octanol–water partition coefficient (Wildman–Crippen LogP) is 6.03. The summed E-state index contributed by atoms with van der Waals surface area (Å²) in [7, 11) is 0. The molecule has 0 aromatic carbocycles. The van der Waals surface area contributed by atoms with Gasteiger partial charge in [0.2, 0.25) is 0 Å². The van der Waals surface area contributed by atoms with Crippen molar-refractivity contribution in [3.8, 4) is 6.07 Å². The molecule has 2 rings (SSSR count). The van der Waals surface area contributed by atoms with Crippen LogP contribution in [-0.2, 0) is 4.74 Å². The Labute approximate surface area is 143 Å². The maximum atomic E-state index is 8.49. The first-order valence-corrected chi connectivity index (χ1v) is 9.98. The second kappa shape index (κ2) is 10.9. The Hall–Kier alpha value is -0.810. The molecule has 0 bridgehead atoms. The number of rotatable bonds is 8. The summed E-state index contributed by atoms with van der Waals surface area (Å²) in [5.74, 6) is 2.68. The van der Waals surface area contributed by atoms with Gasteiger partial charge in [-0.15, -0.1) is 0 Å². The zero-order chi connectivity index (χ0) is 16.3. The molecule has 0 aromatic heterocycles. The molecule has 0 spiro atoms. The summed E-state index contributed by atoms with van der Waals surface area (Å²) in [6, 6.07) is 2.07. The van der Waals surface area contributed by atoms with Crippen LogP contribution in [-0.4, -0.2) is 12.7 Å². The number of hydrogen-bond acceptors (Lipinski definition) is 2. The highest BCUT2D eigenvalue weighted by Crippen LogP contribution is 2.33. The Kier molecular flexibility index (Phi) is 8.76. The van der Waals surface area contributed by atoms with Crippen molar-refractivity contribution >= 4 is 0 Å².